The van der Waals surface area contributed by atoms with Crippen LogP contribution in [0.15, 0.2) is 33.5 Å². The molecule has 2 heterocycles. The van der Waals surface area contributed by atoms with Crippen LogP contribution < -0.4 is 11.1 Å². The number of nitrogens with two attached hydrogens (primary N) is 1. The van der Waals surface area contributed by atoms with Gasteiger partial charge in [-0.25, -0.2) is 8.42 Å². The molecule has 1 saturated heterocycles. The lowest BCUT2D eigenvalue weighted by molar-refractivity contribution is -0.144. The quantitative estimate of drug-likeness (QED) is 0.433. The predicted molar refractivity (Wildman–Crippen MR) is 114 cm³/mol. The minimum absolute atomic E-state index is 0.0362. The van der Waals surface area contributed by atoms with Crippen molar-refractivity contribution in [3.8, 4) is 0 Å². The van der Waals surface area contributed by atoms with E-state index >= 15 is 0 Å². The maximum atomic E-state index is 12.8. The molecular formula is C17H21N5O5S3. The topological polar surface area (TPSA) is 145 Å². The van der Waals surface area contributed by atoms with E-state index in [9.17, 15) is 18.0 Å². The highest BCUT2D eigenvalue weighted by Gasteiger charge is 2.26. The van der Waals surface area contributed by atoms with Gasteiger partial charge in [0.05, 0.1) is 10.6 Å². The summed E-state index contributed by atoms with van der Waals surface area (Å²) in [5.41, 5.74) is 5.77. The highest BCUT2D eigenvalue weighted by Crippen LogP contribution is 2.24. The molecule has 1 aliphatic rings. The number of hydrogen-bond acceptors (Lipinski definition) is 10. The van der Waals surface area contributed by atoms with E-state index < -0.39 is 28.5 Å². The zero-order valence-electron chi connectivity index (χ0n) is 15.9. The van der Waals surface area contributed by atoms with Crippen molar-refractivity contribution in [3.05, 3.63) is 24.3 Å². The van der Waals surface area contributed by atoms with Crippen LogP contribution in [0.1, 0.15) is 19.3 Å². The molecule has 3 rings (SSSR count). The zero-order valence-corrected chi connectivity index (χ0v) is 18.4. The fourth-order valence-corrected chi connectivity index (χ4v) is 5.77. The molecule has 0 radical (unpaired) electrons. The van der Waals surface area contributed by atoms with Crippen LogP contribution in [0, 0.1) is 0 Å². The van der Waals surface area contributed by atoms with Gasteiger partial charge in [-0.15, -0.1) is 10.2 Å². The Bertz CT molecular complexity index is 1000. The molecule has 1 aromatic carbocycles. The molecule has 1 amide bonds. The van der Waals surface area contributed by atoms with Gasteiger partial charge in [-0.2, -0.15) is 4.31 Å². The largest absolute Gasteiger partial charge is 0.455 e. The first-order valence-corrected chi connectivity index (χ1v) is 12.4. The number of sulfonamides is 1. The summed E-state index contributed by atoms with van der Waals surface area (Å²) in [6.07, 6.45) is 2.70. The van der Waals surface area contributed by atoms with E-state index in [1.54, 1.807) is 12.1 Å². The average Bonchev–Trinajstić information content (AvgIpc) is 3.17. The van der Waals surface area contributed by atoms with Crippen molar-refractivity contribution >= 4 is 55.8 Å². The maximum Gasteiger partial charge on any atom is 0.316 e. The summed E-state index contributed by atoms with van der Waals surface area (Å²) in [5, 5.41) is 10.2. The second-order valence-electron chi connectivity index (χ2n) is 6.40. The lowest BCUT2D eigenvalue weighted by atomic mass is 10.2. The van der Waals surface area contributed by atoms with Gasteiger partial charge >= 0.3 is 5.97 Å². The van der Waals surface area contributed by atoms with Gasteiger partial charge in [0, 0.05) is 18.8 Å². The highest BCUT2D eigenvalue weighted by molar-refractivity contribution is 8.01. The standard InChI is InChI=1S/C17H21N5O5S3/c18-16-20-21-17(29-16)28-11-15(24)27-10-14(23)19-12-5-4-6-13(9-12)30(25,26)22-7-2-1-3-8-22/h4-6,9H,1-3,7-8,10-11H2,(H2,18,20)(H,19,23). The summed E-state index contributed by atoms with van der Waals surface area (Å²) in [6, 6.07) is 6.03. The van der Waals surface area contributed by atoms with E-state index in [1.807, 2.05) is 0 Å². The number of aromatic nitrogens is 2. The second kappa shape index (κ2) is 10.2. The molecule has 0 aliphatic carbocycles. The third-order valence-electron chi connectivity index (χ3n) is 4.17. The van der Waals surface area contributed by atoms with Gasteiger partial charge < -0.3 is 15.8 Å². The van der Waals surface area contributed by atoms with Crippen LogP contribution in [0.2, 0.25) is 0 Å². The normalized spacial score (nSPS) is 14.9. The van der Waals surface area contributed by atoms with E-state index in [-0.39, 0.29) is 10.6 Å². The molecule has 0 atom stereocenters. The number of nitrogen functional groups attached to an aromatic ring is 1. The van der Waals surface area contributed by atoms with Crippen LogP contribution in [-0.2, 0) is 24.3 Å². The van der Waals surface area contributed by atoms with Gasteiger partial charge in [0.15, 0.2) is 10.9 Å². The predicted octanol–water partition coefficient (Wildman–Crippen LogP) is 1.57. The van der Waals surface area contributed by atoms with Crippen molar-refractivity contribution in [1.29, 1.82) is 0 Å². The number of nitrogens with one attached hydrogen (secondary N) is 1. The van der Waals surface area contributed by atoms with Crippen molar-refractivity contribution in [2.24, 2.45) is 0 Å². The molecule has 162 valence electrons. The summed E-state index contributed by atoms with van der Waals surface area (Å²) in [7, 11) is -3.60. The summed E-state index contributed by atoms with van der Waals surface area (Å²) in [4.78, 5) is 23.9. The van der Waals surface area contributed by atoms with Crippen molar-refractivity contribution in [3.63, 3.8) is 0 Å². The van der Waals surface area contributed by atoms with Crippen molar-refractivity contribution < 1.29 is 22.7 Å². The van der Waals surface area contributed by atoms with Gasteiger partial charge in [0.25, 0.3) is 5.91 Å². The lowest BCUT2D eigenvalue weighted by Crippen LogP contribution is -2.35. The molecule has 0 spiro atoms. The Balaban J connectivity index is 1.50. The number of nitrogens with zero attached hydrogens (tertiary/aromatic N) is 3. The Labute approximate surface area is 182 Å². The summed E-state index contributed by atoms with van der Waals surface area (Å²) in [6.45, 7) is 0.508. The SMILES string of the molecule is Nc1nnc(SCC(=O)OCC(=O)Nc2cccc(S(=O)(=O)N3CCCCC3)c2)s1. The average molecular weight is 472 g/mol. The third-order valence-corrected chi connectivity index (χ3v) is 7.92. The number of benzene rings is 1. The molecule has 1 aromatic heterocycles. The van der Waals surface area contributed by atoms with Gasteiger partial charge in [-0.3, -0.25) is 9.59 Å². The Morgan fingerprint density at radius 1 is 1.23 bits per heavy atom. The molecule has 13 heteroatoms. The Morgan fingerprint density at radius 3 is 2.70 bits per heavy atom. The number of ether oxygens (including phenoxy) is 1. The van der Waals surface area contributed by atoms with Crippen molar-refractivity contribution in [2.75, 3.05) is 36.5 Å². The Morgan fingerprint density at radius 2 is 2.00 bits per heavy atom. The molecule has 0 saturated carbocycles. The fourth-order valence-electron chi connectivity index (χ4n) is 2.77. The first-order valence-electron chi connectivity index (χ1n) is 9.12. The number of amides is 1. The van der Waals surface area contributed by atoms with Crippen LogP contribution >= 0.6 is 23.1 Å². The Kier molecular flexibility index (Phi) is 7.64. The second-order valence-corrected chi connectivity index (χ2v) is 10.6. The van der Waals surface area contributed by atoms with Crippen molar-refractivity contribution in [1.82, 2.24) is 14.5 Å². The number of anilines is 2. The van der Waals surface area contributed by atoms with Gasteiger partial charge in [-0.1, -0.05) is 35.6 Å². The summed E-state index contributed by atoms with van der Waals surface area (Å²) < 4.78 is 32.4. The number of esters is 1. The minimum atomic E-state index is -3.60. The Hall–Kier alpha value is -2.22. The number of thioether (sulfide) groups is 1. The zero-order chi connectivity index (χ0) is 21.6. The third kappa shape index (κ3) is 6.14. The number of carbonyl (C=O) groups excluding carboxylic acids is 2. The fraction of sp³-hybridized carbons (Fsp3) is 0.412. The van der Waals surface area contributed by atoms with Gasteiger partial charge in [0.1, 0.15) is 0 Å². The molecule has 2 aromatic rings. The summed E-state index contributed by atoms with van der Waals surface area (Å²) in [5.74, 6) is -1.20. The summed E-state index contributed by atoms with van der Waals surface area (Å²) >= 11 is 2.26. The van der Waals surface area contributed by atoms with Gasteiger partial charge in [-0.05, 0) is 31.0 Å². The first kappa shape index (κ1) is 22.5. The van der Waals surface area contributed by atoms with Crippen LogP contribution in [0.25, 0.3) is 0 Å². The van der Waals surface area contributed by atoms with Crippen LogP contribution in [0.3, 0.4) is 0 Å². The molecule has 1 aliphatic heterocycles. The maximum absolute atomic E-state index is 12.8. The minimum Gasteiger partial charge on any atom is -0.455 e. The van der Waals surface area contributed by atoms with E-state index in [1.165, 1.54) is 16.4 Å². The molecule has 30 heavy (non-hydrogen) atoms. The first-order chi connectivity index (χ1) is 14.3. The van der Waals surface area contributed by atoms with Gasteiger partial charge in [0.2, 0.25) is 15.2 Å². The van der Waals surface area contributed by atoms with Crippen LogP contribution in [-0.4, -0.2) is 60.2 Å². The number of carbonyl (C=O) groups is 2. The molecule has 0 unspecified atom stereocenters. The molecular weight excluding hydrogens is 450 g/mol. The molecule has 1 fully saturated rings. The molecule has 10 nitrogen and oxygen atoms in total. The number of rotatable bonds is 8. The van der Waals surface area contributed by atoms with Crippen molar-refractivity contribution in [2.45, 2.75) is 28.5 Å². The van der Waals surface area contributed by atoms with E-state index in [2.05, 4.69) is 15.5 Å². The molecule has 0 bridgehead atoms. The highest BCUT2D eigenvalue weighted by atomic mass is 32.2. The van der Waals surface area contributed by atoms with Crippen LogP contribution in [0.4, 0.5) is 10.8 Å². The van der Waals surface area contributed by atoms with Crippen LogP contribution in [0.5, 0.6) is 0 Å². The number of hydrogen-bond donors (Lipinski definition) is 2. The monoisotopic (exact) mass is 471 g/mol. The lowest BCUT2D eigenvalue weighted by Gasteiger charge is -2.26. The van der Waals surface area contributed by atoms with E-state index in [4.69, 9.17) is 10.5 Å². The number of piperidine rings is 1. The smallest absolute Gasteiger partial charge is 0.316 e. The molecule has 3 N–H and O–H groups in total. The van der Waals surface area contributed by atoms with E-state index in [0.717, 1.165) is 42.4 Å². The van der Waals surface area contributed by atoms with E-state index in [0.29, 0.717) is 28.2 Å².